The summed E-state index contributed by atoms with van der Waals surface area (Å²) < 4.78 is 0. The van der Waals surface area contributed by atoms with Gasteiger partial charge in [-0.05, 0) is 19.3 Å². The highest BCUT2D eigenvalue weighted by Gasteiger charge is 1.97. The van der Waals surface area contributed by atoms with Crippen molar-refractivity contribution in [2.75, 3.05) is 0 Å². The minimum Gasteiger partial charge on any atom is -0.481 e. The van der Waals surface area contributed by atoms with E-state index in [9.17, 15) is 9.59 Å². The molecule has 0 saturated heterocycles. The molecule has 0 aromatic heterocycles. The first-order valence-electron chi connectivity index (χ1n) is 3.13. The Hall–Kier alpha value is -0.795. The number of carbonyl (C=O) groups excluding carboxylic acids is 1. The van der Waals surface area contributed by atoms with E-state index in [1.807, 2.05) is 0 Å². The predicted octanol–water partition coefficient (Wildman–Crippen LogP) is 0.326. The lowest BCUT2D eigenvalue weighted by Gasteiger charge is -1.93. The molecule has 0 fully saturated rings. The van der Waals surface area contributed by atoms with Gasteiger partial charge in [-0.1, -0.05) is 0 Å². The quantitative estimate of drug-likeness (QED) is 0.442. The Bertz CT molecular complexity index is 117. The Morgan fingerprint density at radius 3 is 2.10 bits per heavy atom. The maximum absolute atomic E-state index is 10.1. The molecule has 10 heavy (non-hydrogen) atoms. The van der Waals surface area contributed by atoms with Crippen molar-refractivity contribution in [1.29, 1.82) is 0 Å². The van der Waals surface area contributed by atoms with E-state index in [4.69, 9.17) is 13.0 Å². The summed E-state index contributed by atoms with van der Waals surface area (Å²) in [5.74, 6) is -0.829. The molecule has 0 aliphatic heterocycles. The van der Waals surface area contributed by atoms with Crippen molar-refractivity contribution in [1.82, 2.24) is 0 Å². The van der Waals surface area contributed by atoms with Gasteiger partial charge in [0, 0.05) is 6.42 Å². The first kappa shape index (κ1) is 9.20. The van der Waals surface area contributed by atoms with Gasteiger partial charge in [-0.3, -0.25) is 4.79 Å². The molecular formula is C6H9BO3. The van der Waals surface area contributed by atoms with Crippen molar-refractivity contribution in [2.24, 2.45) is 0 Å². The lowest BCUT2D eigenvalue weighted by molar-refractivity contribution is -0.137. The highest BCUT2D eigenvalue weighted by atomic mass is 16.4. The topological polar surface area (TPSA) is 54.4 Å². The molecule has 0 aliphatic carbocycles. The fraction of sp³-hybridized carbons (Fsp3) is 0.667. The van der Waals surface area contributed by atoms with Crippen LogP contribution in [-0.4, -0.2) is 24.6 Å². The average molecular weight is 140 g/mol. The van der Waals surface area contributed by atoms with Crippen molar-refractivity contribution >= 4 is 19.5 Å². The van der Waals surface area contributed by atoms with Crippen molar-refractivity contribution in [3.63, 3.8) is 0 Å². The molecule has 0 spiro atoms. The smallest absolute Gasteiger partial charge is 0.303 e. The van der Waals surface area contributed by atoms with Crippen molar-refractivity contribution in [2.45, 2.75) is 25.7 Å². The summed E-state index contributed by atoms with van der Waals surface area (Å²) in [5.41, 5.74) is -0.370. The molecule has 0 aromatic rings. The lowest BCUT2D eigenvalue weighted by atomic mass is 9.97. The zero-order chi connectivity index (χ0) is 7.98. The van der Waals surface area contributed by atoms with E-state index >= 15 is 0 Å². The van der Waals surface area contributed by atoms with E-state index in [0.29, 0.717) is 12.8 Å². The molecular weight excluding hydrogens is 131 g/mol. The van der Waals surface area contributed by atoms with Gasteiger partial charge in [0.05, 0.1) is 5.68 Å². The molecule has 0 atom stereocenters. The van der Waals surface area contributed by atoms with E-state index in [0.717, 1.165) is 0 Å². The number of carboxylic acids is 1. The second kappa shape index (κ2) is 5.03. The van der Waals surface area contributed by atoms with Crippen LogP contribution in [0, 0.1) is 0 Å². The molecule has 54 valence electrons. The molecule has 4 heteroatoms. The summed E-state index contributed by atoms with van der Waals surface area (Å²) in [6.07, 6.45) is 1.50. The second-order valence-corrected chi connectivity index (χ2v) is 2.07. The number of rotatable bonds is 5. The molecule has 3 nitrogen and oxygen atoms in total. The van der Waals surface area contributed by atoms with Crippen LogP contribution in [0.3, 0.4) is 0 Å². The normalized spacial score (nSPS) is 9.20. The molecule has 0 aliphatic rings. The third kappa shape index (κ3) is 7.20. The standard InChI is InChI=1S/C6H9BO3/c7-5(8)3-1-2-4-6(9)10/h1-4H2,(H,9,10). The largest absolute Gasteiger partial charge is 0.481 e. The summed E-state index contributed by atoms with van der Waals surface area (Å²) >= 11 is 0. The Kier molecular flexibility index (Phi) is 4.63. The molecule has 0 bridgehead atoms. The van der Waals surface area contributed by atoms with Gasteiger partial charge in [-0.2, -0.15) is 0 Å². The first-order valence-corrected chi connectivity index (χ1v) is 3.13. The summed E-state index contributed by atoms with van der Waals surface area (Å²) in [7, 11) is 4.82. The van der Waals surface area contributed by atoms with Crippen LogP contribution >= 0.6 is 0 Å². The molecule has 0 heterocycles. The molecule has 0 saturated carbocycles. The van der Waals surface area contributed by atoms with Crippen LogP contribution in [0.25, 0.3) is 0 Å². The van der Waals surface area contributed by atoms with Gasteiger partial charge in [-0.25, -0.2) is 0 Å². The SMILES string of the molecule is [B]C(=O)CCCCC(=O)O. The van der Waals surface area contributed by atoms with Crippen LogP contribution in [0.15, 0.2) is 0 Å². The molecule has 0 rings (SSSR count). The van der Waals surface area contributed by atoms with Crippen LogP contribution in [-0.2, 0) is 9.59 Å². The third-order valence-corrected chi connectivity index (χ3v) is 1.06. The van der Waals surface area contributed by atoms with Crippen LogP contribution in [0.2, 0.25) is 0 Å². The monoisotopic (exact) mass is 140 g/mol. The maximum atomic E-state index is 10.1. The average Bonchev–Trinajstić information content (AvgIpc) is 1.79. The van der Waals surface area contributed by atoms with Gasteiger partial charge >= 0.3 is 5.97 Å². The Balaban J connectivity index is 3.06. The Morgan fingerprint density at radius 2 is 1.70 bits per heavy atom. The summed E-state index contributed by atoms with van der Waals surface area (Å²) in [6, 6.07) is 0. The highest BCUT2D eigenvalue weighted by Crippen LogP contribution is 1.98. The van der Waals surface area contributed by atoms with Crippen molar-refractivity contribution < 1.29 is 14.7 Å². The third-order valence-electron chi connectivity index (χ3n) is 1.06. The molecule has 0 unspecified atom stereocenters. The van der Waals surface area contributed by atoms with E-state index in [1.54, 1.807) is 0 Å². The predicted molar refractivity (Wildman–Crippen MR) is 36.9 cm³/mol. The fourth-order valence-electron chi connectivity index (χ4n) is 0.575. The van der Waals surface area contributed by atoms with Gasteiger partial charge in [0.2, 0.25) is 0 Å². The van der Waals surface area contributed by atoms with E-state index in [2.05, 4.69) is 0 Å². The minimum absolute atomic E-state index is 0.118. The first-order chi connectivity index (χ1) is 4.63. The van der Waals surface area contributed by atoms with Gasteiger partial charge in [0.1, 0.15) is 0 Å². The summed E-state index contributed by atoms with van der Waals surface area (Å²) in [4.78, 5) is 20.0. The number of carboxylic acid groups (broad SMARTS) is 1. The lowest BCUT2D eigenvalue weighted by Crippen LogP contribution is -1.98. The van der Waals surface area contributed by atoms with Gasteiger partial charge in [-0.15, -0.1) is 0 Å². The van der Waals surface area contributed by atoms with Crippen LogP contribution < -0.4 is 0 Å². The molecule has 0 amide bonds. The van der Waals surface area contributed by atoms with E-state index < -0.39 is 5.97 Å². The number of hydrogen-bond donors (Lipinski definition) is 1. The molecule has 2 radical (unpaired) electrons. The number of aliphatic carboxylic acids is 1. The summed E-state index contributed by atoms with van der Waals surface area (Å²) in [5, 5.41) is 8.16. The number of carbonyl (C=O) groups is 2. The van der Waals surface area contributed by atoms with Crippen LogP contribution in [0.5, 0.6) is 0 Å². The highest BCUT2D eigenvalue weighted by molar-refractivity contribution is 6.57. The Labute approximate surface area is 60.8 Å². The fourth-order valence-corrected chi connectivity index (χ4v) is 0.575. The summed E-state index contributed by atoms with van der Waals surface area (Å²) in [6.45, 7) is 0. The zero-order valence-electron chi connectivity index (χ0n) is 5.67. The van der Waals surface area contributed by atoms with E-state index in [-0.39, 0.29) is 18.5 Å². The Morgan fingerprint density at radius 1 is 1.20 bits per heavy atom. The van der Waals surface area contributed by atoms with Gasteiger partial charge in [0.15, 0.2) is 7.85 Å². The zero-order valence-corrected chi connectivity index (χ0v) is 5.67. The second-order valence-electron chi connectivity index (χ2n) is 2.07. The number of unbranched alkanes of at least 4 members (excludes halogenated alkanes) is 1. The van der Waals surface area contributed by atoms with Crippen molar-refractivity contribution in [3.8, 4) is 0 Å². The van der Waals surface area contributed by atoms with Crippen molar-refractivity contribution in [3.05, 3.63) is 0 Å². The van der Waals surface area contributed by atoms with Crippen LogP contribution in [0.4, 0.5) is 0 Å². The van der Waals surface area contributed by atoms with Gasteiger partial charge in [0.25, 0.3) is 0 Å². The number of hydrogen-bond acceptors (Lipinski definition) is 2. The molecule has 0 aromatic carbocycles. The maximum Gasteiger partial charge on any atom is 0.303 e. The minimum atomic E-state index is -0.829. The van der Waals surface area contributed by atoms with E-state index in [1.165, 1.54) is 0 Å². The van der Waals surface area contributed by atoms with Crippen LogP contribution in [0.1, 0.15) is 25.7 Å². The van der Waals surface area contributed by atoms with Gasteiger partial charge < -0.3 is 9.90 Å². The molecule has 1 N–H and O–H groups in total.